The van der Waals surface area contributed by atoms with Crippen LogP contribution >= 0.6 is 0 Å². The van der Waals surface area contributed by atoms with Crippen molar-refractivity contribution in [1.82, 2.24) is 4.40 Å². The Morgan fingerprint density at radius 2 is 1.95 bits per heavy atom. The Morgan fingerprint density at radius 1 is 1.18 bits per heavy atom. The first-order chi connectivity index (χ1) is 10.5. The second-order valence-electron chi connectivity index (χ2n) is 5.58. The Labute approximate surface area is 127 Å². The lowest BCUT2D eigenvalue weighted by Gasteiger charge is -2.15. The molecule has 0 aliphatic heterocycles. The summed E-state index contributed by atoms with van der Waals surface area (Å²) in [6.45, 7) is 3.81. The van der Waals surface area contributed by atoms with Gasteiger partial charge in [0.15, 0.2) is 0 Å². The fourth-order valence-corrected chi connectivity index (χ4v) is 2.70. The van der Waals surface area contributed by atoms with Gasteiger partial charge in [0.25, 0.3) is 5.56 Å². The molecule has 0 aliphatic rings. The predicted molar refractivity (Wildman–Crippen MR) is 86.4 cm³/mol. The average molecular weight is 296 g/mol. The first-order valence-corrected chi connectivity index (χ1v) is 7.15. The molecule has 3 nitrogen and oxygen atoms in total. The first-order valence-electron chi connectivity index (χ1n) is 7.15. The molecule has 0 spiro atoms. The van der Waals surface area contributed by atoms with Crippen LogP contribution in [-0.4, -0.2) is 4.40 Å². The van der Waals surface area contributed by atoms with Gasteiger partial charge < -0.3 is 5.73 Å². The van der Waals surface area contributed by atoms with E-state index in [1.165, 1.54) is 16.7 Å². The van der Waals surface area contributed by atoms with Crippen molar-refractivity contribution < 1.29 is 4.39 Å². The molecule has 0 bridgehead atoms. The van der Waals surface area contributed by atoms with Gasteiger partial charge in [-0.2, -0.15) is 0 Å². The Bertz CT molecular complexity index is 913. The molecule has 0 radical (unpaired) electrons. The van der Waals surface area contributed by atoms with Gasteiger partial charge in [0.05, 0.1) is 5.56 Å². The maximum Gasteiger partial charge on any atom is 0.263 e. The lowest BCUT2D eigenvalue weighted by atomic mass is 9.96. The molecule has 2 aromatic heterocycles. The van der Waals surface area contributed by atoms with Crippen molar-refractivity contribution in [3.8, 4) is 11.1 Å². The predicted octanol–water partition coefficient (Wildman–Crippen LogP) is 3.43. The lowest BCUT2D eigenvalue weighted by molar-refractivity contribution is 0.618. The Morgan fingerprint density at radius 3 is 2.64 bits per heavy atom. The highest BCUT2D eigenvalue weighted by atomic mass is 19.1. The number of aryl methyl sites for hydroxylation is 1. The molecule has 22 heavy (non-hydrogen) atoms. The van der Waals surface area contributed by atoms with Crippen molar-refractivity contribution in [1.29, 1.82) is 0 Å². The second-order valence-corrected chi connectivity index (χ2v) is 5.58. The quantitative estimate of drug-likeness (QED) is 0.787. The SMILES string of the molecule is Cc1cccc(-c2c(C(C)N)cc3ccc(F)cn3c2=O)c1. The molecule has 0 saturated heterocycles. The van der Waals surface area contributed by atoms with Crippen molar-refractivity contribution in [2.45, 2.75) is 19.9 Å². The molecule has 1 atom stereocenters. The monoisotopic (exact) mass is 296 g/mol. The van der Waals surface area contributed by atoms with Crippen molar-refractivity contribution in [2.75, 3.05) is 0 Å². The highest BCUT2D eigenvalue weighted by Gasteiger charge is 2.16. The minimum Gasteiger partial charge on any atom is -0.324 e. The third-order valence-corrected chi connectivity index (χ3v) is 3.77. The summed E-state index contributed by atoms with van der Waals surface area (Å²) in [7, 11) is 0. The summed E-state index contributed by atoms with van der Waals surface area (Å²) < 4.78 is 14.8. The van der Waals surface area contributed by atoms with Gasteiger partial charge >= 0.3 is 0 Å². The number of hydrogen-bond donors (Lipinski definition) is 1. The number of pyridine rings is 2. The summed E-state index contributed by atoms with van der Waals surface area (Å²) in [6, 6.07) is 12.2. The molecule has 0 saturated carbocycles. The fourth-order valence-electron chi connectivity index (χ4n) is 2.70. The Kier molecular flexibility index (Phi) is 3.54. The van der Waals surface area contributed by atoms with E-state index in [4.69, 9.17) is 5.73 Å². The number of aromatic nitrogens is 1. The molecule has 2 N–H and O–H groups in total. The number of fused-ring (bicyclic) bond motifs is 1. The van der Waals surface area contributed by atoms with E-state index in [0.717, 1.165) is 16.7 Å². The molecule has 4 heteroatoms. The summed E-state index contributed by atoms with van der Waals surface area (Å²) in [6.07, 6.45) is 1.21. The molecule has 1 unspecified atom stereocenters. The second kappa shape index (κ2) is 5.39. The molecule has 2 heterocycles. The summed E-state index contributed by atoms with van der Waals surface area (Å²) >= 11 is 0. The van der Waals surface area contributed by atoms with E-state index in [9.17, 15) is 9.18 Å². The van der Waals surface area contributed by atoms with Gasteiger partial charge in [-0.05, 0) is 43.2 Å². The van der Waals surface area contributed by atoms with E-state index in [1.807, 2.05) is 44.2 Å². The van der Waals surface area contributed by atoms with Gasteiger partial charge in [-0.25, -0.2) is 4.39 Å². The van der Waals surface area contributed by atoms with E-state index in [2.05, 4.69) is 0 Å². The highest BCUT2D eigenvalue weighted by molar-refractivity contribution is 5.71. The van der Waals surface area contributed by atoms with Crippen LogP contribution in [0.4, 0.5) is 4.39 Å². The topological polar surface area (TPSA) is 47.5 Å². The van der Waals surface area contributed by atoms with Gasteiger partial charge in [0.1, 0.15) is 5.82 Å². The van der Waals surface area contributed by atoms with Crippen LogP contribution in [0, 0.1) is 12.7 Å². The van der Waals surface area contributed by atoms with Crippen LogP contribution in [0.25, 0.3) is 16.6 Å². The molecule has 3 aromatic rings. The first kappa shape index (κ1) is 14.5. The summed E-state index contributed by atoms with van der Waals surface area (Å²) in [5.41, 5.74) is 9.59. The summed E-state index contributed by atoms with van der Waals surface area (Å²) in [4.78, 5) is 12.9. The van der Waals surface area contributed by atoms with Gasteiger partial charge in [-0.1, -0.05) is 29.8 Å². The van der Waals surface area contributed by atoms with Crippen LogP contribution in [0.2, 0.25) is 0 Å². The van der Waals surface area contributed by atoms with Crippen LogP contribution in [0.5, 0.6) is 0 Å². The van der Waals surface area contributed by atoms with E-state index < -0.39 is 5.82 Å². The van der Waals surface area contributed by atoms with Gasteiger partial charge in [0, 0.05) is 17.8 Å². The number of halogens is 1. The third-order valence-electron chi connectivity index (χ3n) is 3.77. The van der Waals surface area contributed by atoms with Gasteiger partial charge in [0.2, 0.25) is 0 Å². The van der Waals surface area contributed by atoms with Crippen molar-refractivity contribution >= 4 is 5.52 Å². The molecule has 3 rings (SSSR count). The minimum absolute atomic E-state index is 0.255. The normalized spacial score (nSPS) is 12.5. The molecular formula is C18H17FN2O. The Hall–Kier alpha value is -2.46. The van der Waals surface area contributed by atoms with Crippen LogP contribution < -0.4 is 11.3 Å². The van der Waals surface area contributed by atoms with E-state index in [0.29, 0.717) is 11.1 Å². The molecule has 1 aromatic carbocycles. The van der Waals surface area contributed by atoms with Gasteiger partial charge in [-0.3, -0.25) is 9.20 Å². The van der Waals surface area contributed by atoms with Crippen LogP contribution in [-0.2, 0) is 0 Å². The van der Waals surface area contributed by atoms with E-state index in [1.54, 1.807) is 6.07 Å². The maximum atomic E-state index is 13.5. The summed E-state index contributed by atoms with van der Waals surface area (Å²) in [5, 5.41) is 0. The number of nitrogens with zero attached hydrogens (tertiary/aromatic N) is 1. The van der Waals surface area contributed by atoms with Crippen LogP contribution in [0.15, 0.2) is 53.5 Å². The van der Waals surface area contributed by atoms with Crippen molar-refractivity contribution in [2.24, 2.45) is 5.73 Å². The molecular weight excluding hydrogens is 279 g/mol. The standard InChI is InChI=1S/C18H17FN2O/c1-11-4-3-5-13(8-11)17-16(12(2)20)9-15-7-6-14(19)10-21(15)18(17)22/h3-10,12H,20H2,1-2H3. The van der Waals surface area contributed by atoms with Crippen molar-refractivity contribution in [3.05, 3.63) is 76.0 Å². The van der Waals surface area contributed by atoms with Crippen molar-refractivity contribution in [3.63, 3.8) is 0 Å². The number of nitrogens with two attached hydrogens (primary N) is 1. The largest absolute Gasteiger partial charge is 0.324 e. The lowest BCUT2D eigenvalue weighted by Crippen LogP contribution is -2.21. The molecule has 0 fully saturated rings. The van der Waals surface area contributed by atoms with E-state index >= 15 is 0 Å². The zero-order valence-electron chi connectivity index (χ0n) is 12.5. The number of hydrogen-bond acceptors (Lipinski definition) is 2. The minimum atomic E-state index is -0.446. The highest BCUT2D eigenvalue weighted by Crippen LogP contribution is 2.26. The average Bonchev–Trinajstić information content (AvgIpc) is 2.47. The zero-order valence-corrected chi connectivity index (χ0v) is 12.5. The van der Waals surface area contributed by atoms with Crippen LogP contribution in [0.3, 0.4) is 0 Å². The third kappa shape index (κ3) is 2.42. The fraction of sp³-hybridized carbons (Fsp3) is 0.167. The van der Waals surface area contributed by atoms with Crippen LogP contribution in [0.1, 0.15) is 24.1 Å². The summed E-state index contributed by atoms with van der Waals surface area (Å²) in [5.74, 6) is -0.446. The molecule has 112 valence electrons. The molecule has 0 aliphatic carbocycles. The smallest absolute Gasteiger partial charge is 0.263 e. The number of benzene rings is 1. The van der Waals surface area contributed by atoms with E-state index in [-0.39, 0.29) is 11.6 Å². The molecule has 0 amide bonds. The zero-order chi connectivity index (χ0) is 15.9. The number of rotatable bonds is 2. The maximum absolute atomic E-state index is 13.5. The van der Waals surface area contributed by atoms with Gasteiger partial charge in [-0.15, -0.1) is 0 Å². The Balaban J connectivity index is 2.43.